The van der Waals surface area contributed by atoms with Gasteiger partial charge >= 0.3 is 10.2 Å². The van der Waals surface area contributed by atoms with Crippen LogP contribution in [-0.4, -0.2) is 26.9 Å². The fourth-order valence-corrected chi connectivity index (χ4v) is 1.75. The Morgan fingerprint density at radius 3 is 2.47 bits per heavy atom. The predicted molar refractivity (Wildman–Crippen MR) is 57.0 cm³/mol. The Hall–Kier alpha value is -0.950. The Kier molecular flexibility index (Phi) is 4.22. The zero-order valence-corrected chi connectivity index (χ0v) is 9.49. The summed E-state index contributed by atoms with van der Waals surface area (Å²) < 4.78 is 24.0. The predicted octanol–water partition coefficient (Wildman–Crippen LogP) is 0.514. The van der Waals surface area contributed by atoms with E-state index in [1.807, 2.05) is 35.2 Å². The number of rotatable bonds is 5. The molecular weight excluding hydrogens is 216 g/mol. The molecule has 0 atom stereocenters. The summed E-state index contributed by atoms with van der Waals surface area (Å²) in [5.41, 5.74) is 0.918. The van der Waals surface area contributed by atoms with Gasteiger partial charge in [0.2, 0.25) is 0 Å². The molecule has 0 saturated carbocycles. The summed E-state index contributed by atoms with van der Waals surface area (Å²) >= 11 is 0. The van der Waals surface area contributed by atoms with Crippen molar-refractivity contribution in [2.45, 2.75) is 6.54 Å². The van der Waals surface area contributed by atoms with E-state index in [2.05, 4.69) is 4.84 Å². The maximum Gasteiger partial charge on any atom is 0.301 e. The first kappa shape index (κ1) is 12.1. The van der Waals surface area contributed by atoms with Crippen molar-refractivity contribution in [3.05, 3.63) is 35.9 Å². The molecule has 0 saturated heterocycles. The average molecular weight is 230 g/mol. The molecule has 0 aliphatic carbocycles. The van der Waals surface area contributed by atoms with Gasteiger partial charge in [0, 0.05) is 13.6 Å². The van der Waals surface area contributed by atoms with Crippen molar-refractivity contribution in [1.82, 2.24) is 9.19 Å². The quantitative estimate of drug-likeness (QED) is 0.750. The molecule has 1 aromatic carbocycles. The number of nitrogens with one attached hydrogen (secondary N) is 1. The van der Waals surface area contributed by atoms with E-state index in [9.17, 15) is 8.42 Å². The molecule has 5 nitrogen and oxygen atoms in total. The minimum atomic E-state index is -3.55. The Morgan fingerprint density at radius 1 is 1.33 bits per heavy atom. The van der Waals surface area contributed by atoms with E-state index >= 15 is 0 Å². The lowest BCUT2D eigenvalue weighted by Gasteiger charge is -2.16. The van der Waals surface area contributed by atoms with Gasteiger partial charge in [0.1, 0.15) is 0 Å². The van der Waals surface area contributed by atoms with Crippen LogP contribution in [0.3, 0.4) is 0 Å². The summed E-state index contributed by atoms with van der Waals surface area (Å²) in [4.78, 5) is 6.33. The fraction of sp³-hybridized carbons (Fsp3) is 0.333. The van der Waals surface area contributed by atoms with E-state index in [1.54, 1.807) is 0 Å². The fourth-order valence-electron chi connectivity index (χ4n) is 1.09. The van der Waals surface area contributed by atoms with Gasteiger partial charge in [-0.15, -0.1) is 0 Å². The summed E-state index contributed by atoms with van der Waals surface area (Å²) in [6, 6.07) is 9.32. The standard InChI is InChI=1S/C9H14N2O3S/c1-11(15(12,13)10-14-2)8-9-6-4-3-5-7-9/h3-7,10H,8H2,1-2H3. The van der Waals surface area contributed by atoms with Gasteiger partial charge in [0.25, 0.3) is 0 Å². The van der Waals surface area contributed by atoms with E-state index in [1.165, 1.54) is 18.5 Å². The van der Waals surface area contributed by atoms with Crippen LogP contribution in [0, 0.1) is 0 Å². The summed E-state index contributed by atoms with van der Waals surface area (Å²) in [6.45, 7) is 0.305. The highest BCUT2D eigenvalue weighted by Gasteiger charge is 2.16. The molecule has 0 amide bonds. The number of benzene rings is 1. The van der Waals surface area contributed by atoms with Crippen molar-refractivity contribution in [2.24, 2.45) is 0 Å². The highest BCUT2D eigenvalue weighted by molar-refractivity contribution is 7.86. The highest BCUT2D eigenvalue weighted by atomic mass is 32.2. The van der Waals surface area contributed by atoms with E-state index in [0.29, 0.717) is 6.54 Å². The second kappa shape index (κ2) is 5.22. The Labute approximate surface area is 89.8 Å². The van der Waals surface area contributed by atoms with Gasteiger partial charge in [-0.25, -0.2) is 0 Å². The lowest BCUT2D eigenvalue weighted by Crippen LogP contribution is -2.37. The molecule has 15 heavy (non-hydrogen) atoms. The number of hydrogen-bond acceptors (Lipinski definition) is 3. The molecule has 0 spiro atoms. The van der Waals surface area contributed by atoms with Gasteiger partial charge in [-0.05, 0) is 5.56 Å². The summed E-state index contributed by atoms with van der Waals surface area (Å²) in [5, 5.41) is 0. The molecule has 0 radical (unpaired) electrons. The Bertz CT molecular complexity index is 391. The van der Waals surface area contributed by atoms with Crippen LogP contribution < -0.4 is 4.89 Å². The highest BCUT2D eigenvalue weighted by Crippen LogP contribution is 2.05. The van der Waals surface area contributed by atoms with E-state index in [0.717, 1.165) is 5.56 Å². The van der Waals surface area contributed by atoms with Crippen LogP contribution in [-0.2, 0) is 21.6 Å². The van der Waals surface area contributed by atoms with E-state index in [4.69, 9.17) is 0 Å². The second-order valence-electron chi connectivity index (χ2n) is 3.03. The molecular formula is C9H14N2O3S. The zero-order chi connectivity index (χ0) is 11.3. The van der Waals surface area contributed by atoms with Crippen LogP contribution in [0.2, 0.25) is 0 Å². The molecule has 1 rings (SSSR count). The molecule has 0 aliphatic rings. The third kappa shape index (κ3) is 3.60. The summed E-state index contributed by atoms with van der Waals surface area (Å²) in [7, 11) is -0.809. The molecule has 0 aromatic heterocycles. The van der Waals surface area contributed by atoms with Crippen molar-refractivity contribution >= 4 is 10.2 Å². The van der Waals surface area contributed by atoms with Crippen molar-refractivity contribution < 1.29 is 13.3 Å². The lowest BCUT2D eigenvalue weighted by atomic mass is 10.2. The molecule has 0 heterocycles. The molecule has 0 aliphatic heterocycles. The summed E-state index contributed by atoms with van der Waals surface area (Å²) in [5.74, 6) is 0. The zero-order valence-electron chi connectivity index (χ0n) is 8.67. The molecule has 0 unspecified atom stereocenters. The van der Waals surface area contributed by atoms with Crippen LogP contribution in [0.15, 0.2) is 30.3 Å². The summed E-state index contributed by atoms with van der Waals surface area (Å²) in [6.07, 6.45) is 0. The van der Waals surface area contributed by atoms with Gasteiger partial charge in [-0.2, -0.15) is 12.7 Å². The van der Waals surface area contributed by atoms with Crippen LogP contribution in [0.4, 0.5) is 0 Å². The van der Waals surface area contributed by atoms with Crippen LogP contribution in [0.1, 0.15) is 5.56 Å². The number of hydrogen-bond donors (Lipinski definition) is 1. The van der Waals surface area contributed by atoms with Gasteiger partial charge in [0.05, 0.1) is 7.11 Å². The van der Waals surface area contributed by atoms with Gasteiger partial charge in [-0.1, -0.05) is 35.2 Å². The molecule has 1 aromatic rings. The van der Waals surface area contributed by atoms with Crippen LogP contribution >= 0.6 is 0 Å². The van der Waals surface area contributed by atoms with Crippen molar-refractivity contribution in [3.63, 3.8) is 0 Å². The normalized spacial score (nSPS) is 11.9. The minimum Gasteiger partial charge on any atom is -0.289 e. The number of nitrogens with zero attached hydrogens (tertiary/aromatic N) is 1. The maximum atomic E-state index is 11.4. The van der Waals surface area contributed by atoms with Crippen molar-refractivity contribution in [1.29, 1.82) is 0 Å². The van der Waals surface area contributed by atoms with E-state index in [-0.39, 0.29) is 0 Å². The van der Waals surface area contributed by atoms with Crippen LogP contribution in [0.5, 0.6) is 0 Å². The minimum absolute atomic E-state index is 0.305. The molecule has 6 heteroatoms. The Balaban J connectivity index is 2.68. The monoisotopic (exact) mass is 230 g/mol. The first-order valence-corrected chi connectivity index (χ1v) is 5.80. The van der Waals surface area contributed by atoms with Crippen molar-refractivity contribution in [2.75, 3.05) is 14.2 Å². The molecule has 84 valence electrons. The molecule has 1 N–H and O–H groups in total. The average Bonchev–Trinajstić information content (AvgIpc) is 2.19. The topological polar surface area (TPSA) is 58.6 Å². The molecule has 0 bridgehead atoms. The Morgan fingerprint density at radius 2 is 1.93 bits per heavy atom. The SMILES string of the molecule is CONS(=O)(=O)N(C)Cc1ccccc1. The third-order valence-electron chi connectivity index (χ3n) is 1.85. The maximum absolute atomic E-state index is 11.4. The molecule has 0 fully saturated rings. The first-order chi connectivity index (χ1) is 7.06. The van der Waals surface area contributed by atoms with E-state index < -0.39 is 10.2 Å². The van der Waals surface area contributed by atoms with Gasteiger partial charge < -0.3 is 0 Å². The smallest absolute Gasteiger partial charge is 0.289 e. The largest absolute Gasteiger partial charge is 0.301 e. The van der Waals surface area contributed by atoms with Gasteiger partial charge in [0.15, 0.2) is 0 Å². The third-order valence-corrected chi connectivity index (χ3v) is 3.17. The first-order valence-electron chi connectivity index (χ1n) is 4.36. The lowest BCUT2D eigenvalue weighted by molar-refractivity contribution is 0.146. The van der Waals surface area contributed by atoms with Gasteiger partial charge in [-0.3, -0.25) is 4.84 Å². The van der Waals surface area contributed by atoms with Crippen molar-refractivity contribution in [3.8, 4) is 0 Å². The second-order valence-corrected chi connectivity index (χ2v) is 4.77. The van der Waals surface area contributed by atoms with Crippen LogP contribution in [0.25, 0.3) is 0 Å².